The van der Waals surface area contributed by atoms with Gasteiger partial charge in [0.05, 0.1) is 7.11 Å². The monoisotopic (exact) mass is 377 g/mol. The molecule has 0 bridgehead atoms. The predicted octanol–water partition coefficient (Wildman–Crippen LogP) is 3.13. The Labute approximate surface area is 152 Å². The summed E-state index contributed by atoms with van der Waals surface area (Å²) in [7, 11) is 1.63. The van der Waals surface area contributed by atoms with Crippen LogP contribution in [0.4, 0.5) is 0 Å². The number of hydrogen-bond donors (Lipinski definition) is 2. The third kappa shape index (κ3) is 6.35. The van der Waals surface area contributed by atoms with Crippen LogP contribution < -0.4 is 15.8 Å². The Balaban J connectivity index is 0.00000242. The molecule has 3 N–H and O–H groups in total. The number of rotatable bonds is 7. The van der Waals surface area contributed by atoms with Crippen LogP contribution in [-0.4, -0.2) is 31.1 Å². The minimum atomic E-state index is -0.136. The third-order valence-electron chi connectivity index (χ3n) is 2.99. The second kappa shape index (κ2) is 11.2. The SMILES string of the molecule is COc1ccc(-c2nc(C(=O)NCCCCN)cs2)cc1.Cl.Cl. The molecule has 128 valence electrons. The maximum absolute atomic E-state index is 11.9. The number of thiazole rings is 1. The van der Waals surface area contributed by atoms with Gasteiger partial charge in [0, 0.05) is 17.5 Å². The number of nitrogens with zero attached hydrogens (tertiary/aromatic N) is 1. The van der Waals surface area contributed by atoms with Gasteiger partial charge in [-0.2, -0.15) is 0 Å². The van der Waals surface area contributed by atoms with Crippen molar-refractivity contribution in [2.75, 3.05) is 20.2 Å². The summed E-state index contributed by atoms with van der Waals surface area (Å²) in [6, 6.07) is 7.62. The minimum absolute atomic E-state index is 0. The van der Waals surface area contributed by atoms with E-state index < -0.39 is 0 Å². The molecule has 0 unspecified atom stereocenters. The number of aromatic nitrogens is 1. The molecule has 0 saturated heterocycles. The summed E-state index contributed by atoms with van der Waals surface area (Å²) in [4.78, 5) is 16.3. The number of methoxy groups -OCH3 is 1. The van der Waals surface area contributed by atoms with Crippen molar-refractivity contribution in [3.05, 3.63) is 35.3 Å². The van der Waals surface area contributed by atoms with E-state index >= 15 is 0 Å². The first-order valence-corrected chi connectivity index (χ1v) is 7.71. The van der Waals surface area contributed by atoms with Gasteiger partial charge in [-0.1, -0.05) is 0 Å². The minimum Gasteiger partial charge on any atom is -0.497 e. The van der Waals surface area contributed by atoms with E-state index in [1.54, 1.807) is 12.5 Å². The highest BCUT2D eigenvalue weighted by Gasteiger charge is 2.11. The molecule has 1 aromatic carbocycles. The summed E-state index contributed by atoms with van der Waals surface area (Å²) in [5, 5.41) is 5.45. The highest BCUT2D eigenvalue weighted by Crippen LogP contribution is 2.25. The molecule has 2 rings (SSSR count). The van der Waals surface area contributed by atoms with E-state index in [1.165, 1.54) is 11.3 Å². The number of halogens is 2. The van der Waals surface area contributed by atoms with Crippen LogP contribution in [-0.2, 0) is 0 Å². The average molecular weight is 378 g/mol. The number of benzene rings is 1. The molecule has 8 heteroatoms. The van der Waals surface area contributed by atoms with E-state index in [-0.39, 0.29) is 30.7 Å². The molecule has 23 heavy (non-hydrogen) atoms. The van der Waals surface area contributed by atoms with E-state index in [1.807, 2.05) is 24.3 Å². The molecule has 0 aliphatic carbocycles. The normalized spacial score (nSPS) is 9.48. The van der Waals surface area contributed by atoms with Crippen LogP contribution in [0.2, 0.25) is 0 Å². The lowest BCUT2D eigenvalue weighted by Gasteiger charge is -2.02. The quantitative estimate of drug-likeness (QED) is 0.726. The smallest absolute Gasteiger partial charge is 0.270 e. The molecule has 2 aromatic rings. The number of nitrogens with one attached hydrogen (secondary N) is 1. The van der Waals surface area contributed by atoms with E-state index in [4.69, 9.17) is 10.5 Å². The van der Waals surface area contributed by atoms with Crippen LogP contribution in [0.3, 0.4) is 0 Å². The molecule has 0 atom stereocenters. The van der Waals surface area contributed by atoms with E-state index in [9.17, 15) is 4.79 Å². The number of amides is 1. The maximum Gasteiger partial charge on any atom is 0.270 e. The summed E-state index contributed by atoms with van der Waals surface area (Å²) >= 11 is 1.46. The molecule has 5 nitrogen and oxygen atoms in total. The van der Waals surface area contributed by atoms with Gasteiger partial charge < -0.3 is 15.8 Å². The Morgan fingerprint density at radius 2 is 1.96 bits per heavy atom. The van der Waals surface area contributed by atoms with Crippen LogP contribution in [0.5, 0.6) is 5.75 Å². The zero-order chi connectivity index (χ0) is 15.1. The summed E-state index contributed by atoms with van der Waals surface area (Å²) in [5.41, 5.74) is 6.84. The summed E-state index contributed by atoms with van der Waals surface area (Å²) in [6.45, 7) is 1.28. The van der Waals surface area contributed by atoms with Gasteiger partial charge in [0.1, 0.15) is 16.5 Å². The van der Waals surface area contributed by atoms with Gasteiger partial charge in [0.15, 0.2) is 0 Å². The van der Waals surface area contributed by atoms with Gasteiger partial charge >= 0.3 is 0 Å². The fourth-order valence-electron chi connectivity index (χ4n) is 1.81. The van der Waals surface area contributed by atoms with Gasteiger partial charge in [-0.25, -0.2) is 4.98 Å². The number of carbonyl (C=O) groups excluding carboxylic acids is 1. The lowest BCUT2D eigenvalue weighted by molar-refractivity contribution is 0.0949. The van der Waals surface area contributed by atoms with E-state index in [0.717, 1.165) is 29.2 Å². The summed E-state index contributed by atoms with van der Waals surface area (Å²) in [5.74, 6) is 0.663. The van der Waals surface area contributed by atoms with Crippen molar-refractivity contribution in [1.29, 1.82) is 0 Å². The first-order chi connectivity index (χ1) is 10.2. The zero-order valence-electron chi connectivity index (χ0n) is 12.8. The first-order valence-electron chi connectivity index (χ1n) is 6.83. The lowest BCUT2D eigenvalue weighted by Crippen LogP contribution is -2.25. The van der Waals surface area contributed by atoms with Crippen molar-refractivity contribution in [2.24, 2.45) is 5.73 Å². The number of nitrogens with two attached hydrogens (primary N) is 1. The molecule has 1 aromatic heterocycles. The molecule has 0 aliphatic heterocycles. The largest absolute Gasteiger partial charge is 0.497 e. The Hall–Kier alpha value is -1.34. The second-order valence-corrected chi connectivity index (χ2v) is 5.38. The Morgan fingerprint density at radius 3 is 2.57 bits per heavy atom. The lowest BCUT2D eigenvalue weighted by atomic mass is 10.2. The second-order valence-electron chi connectivity index (χ2n) is 4.52. The van der Waals surface area contributed by atoms with Crippen LogP contribution in [0, 0.1) is 0 Å². The van der Waals surface area contributed by atoms with Crippen LogP contribution in [0.25, 0.3) is 10.6 Å². The standard InChI is InChI=1S/C15H19N3O2S.2ClH/c1-20-12-6-4-11(5-7-12)15-18-13(10-21-15)14(19)17-9-3-2-8-16;;/h4-7,10H,2-3,8-9,16H2,1H3,(H,17,19);2*1H. The molecule has 0 saturated carbocycles. The molecule has 1 amide bonds. The van der Waals surface area contributed by atoms with Crippen molar-refractivity contribution in [1.82, 2.24) is 10.3 Å². The fourth-order valence-corrected chi connectivity index (χ4v) is 2.61. The Morgan fingerprint density at radius 1 is 1.26 bits per heavy atom. The highest BCUT2D eigenvalue weighted by molar-refractivity contribution is 7.13. The molecule has 1 heterocycles. The molecule has 0 fully saturated rings. The highest BCUT2D eigenvalue weighted by atomic mass is 35.5. The van der Waals surface area contributed by atoms with Crippen molar-refractivity contribution in [3.63, 3.8) is 0 Å². The predicted molar refractivity (Wildman–Crippen MR) is 99.2 cm³/mol. The van der Waals surface area contributed by atoms with Gasteiger partial charge in [-0.05, 0) is 43.7 Å². The summed E-state index contributed by atoms with van der Waals surface area (Å²) < 4.78 is 5.12. The zero-order valence-corrected chi connectivity index (χ0v) is 15.2. The third-order valence-corrected chi connectivity index (χ3v) is 3.88. The van der Waals surface area contributed by atoms with Gasteiger partial charge in [0.2, 0.25) is 0 Å². The van der Waals surface area contributed by atoms with Crippen LogP contribution >= 0.6 is 36.2 Å². The maximum atomic E-state index is 11.9. The fraction of sp³-hybridized carbons (Fsp3) is 0.333. The van der Waals surface area contributed by atoms with Crippen molar-refractivity contribution >= 4 is 42.1 Å². The van der Waals surface area contributed by atoms with Crippen molar-refractivity contribution in [3.8, 4) is 16.3 Å². The average Bonchev–Trinajstić information content (AvgIpc) is 3.01. The van der Waals surface area contributed by atoms with Gasteiger partial charge in [-0.3, -0.25) is 4.79 Å². The molecule has 0 spiro atoms. The molecule has 0 radical (unpaired) electrons. The molecular weight excluding hydrogens is 357 g/mol. The molecule has 0 aliphatic rings. The topological polar surface area (TPSA) is 77.2 Å². The summed E-state index contributed by atoms with van der Waals surface area (Å²) in [6.07, 6.45) is 1.80. The van der Waals surface area contributed by atoms with Crippen LogP contribution in [0.15, 0.2) is 29.6 Å². The van der Waals surface area contributed by atoms with E-state index in [2.05, 4.69) is 10.3 Å². The first kappa shape index (κ1) is 21.7. The molecular formula is C15H21Cl2N3O2S. The van der Waals surface area contributed by atoms with Crippen molar-refractivity contribution in [2.45, 2.75) is 12.8 Å². The Bertz CT molecular complexity index is 591. The number of unbranched alkanes of at least 4 members (excludes halogenated alkanes) is 1. The van der Waals surface area contributed by atoms with Gasteiger partial charge in [-0.15, -0.1) is 36.2 Å². The number of ether oxygens (including phenoxy) is 1. The number of carbonyl (C=O) groups is 1. The van der Waals surface area contributed by atoms with Crippen molar-refractivity contribution < 1.29 is 9.53 Å². The number of hydrogen-bond acceptors (Lipinski definition) is 5. The Kier molecular flexibility index (Phi) is 10.6. The van der Waals surface area contributed by atoms with Crippen LogP contribution in [0.1, 0.15) is 23.3 Å². The van der Waals surface area contributed by atoms with E-state index in [0.29, 0.717) is 18.8 Å². The van der Waals surface area contributed by atoms with Gasteiger partial charge in [0.25, 0.3) is 5.91 Å².